The van der Waals surface area contributed by atoms with Gasteiger partial charge < -0.3 is 14.9 Å². The van der Waals surface area contributed by atoms with E-state index in [4.69, 9.17) is 14.9 Å². The highest BCUT2D eigenvalue weighted by atomic mass is 16.5. The first-order valence-corrected chi connectivity index (χ1v) is 6.47. The first-order valence-electron chi connectivity index (χ1n) is 6.47. The maximum atomic E-state index is 8.96. The largest absolute Gasteiger partial charge is 0.395 e. The fourth-order valence-electron chi connectivity index (χ4n) is 2.19. The van der Waals surface area contributed by atoms with Crippen LogP contribution in [-0.4, -0.2) is 84.7 Å². The SMILES string of the molecule is CC(C)N1CCOC(CN(CCO)CCO)C1. The van der Waals surface area contributed by atoms with Gasteiger partial charge in [0.1, 0.15) is 0 Å². The summed E-state index contributed by atoms with van der Waals surface area (Å²) in [4.78, 5) is 4.46. The molecule has 102 valence electrons. The van der Waals surface area contributed by atoms with Gasteiger partial charge in [0.05, 0.1) is 25.9 Å². The second kappa shape index (κ2) is 8.00. The Bertz CT molecular complexity index is 196. The van der Waals surface area contributed by atoms with Gasteiger partial charge in [0.2, 0.25) is 0 Å². The molecule has 5 nitrogen and oxygen atoms in total. The van der Waals surface area contributed by atoms with Gasteiger partial charge in [-0.25, -0.2) is 0 Å². The monoisotopic (exact) mass is 246 g/mol. The van der Waals surface area contributed by atoms with Gasteiger partial charge >= 0.3 is 0 Å². The molecule has 1 heterocycles. The standard InChI is InChI=1S/C12H26N2O3/c1-11(2)14-5-8-17-12(10-14)9-13(3-6-15)4-7-16/h11-12,15-16H,3-10H2,1-2H3. The van der Waals surface area contributed by atoms with E-state index >= 15 is 0 Å². The van der Waals surface area contributed by atoms with Crippen molar-refractivity contribution in [1.82, 2.24) is 9.80 Å². The molecule has 0 amide bonds. The third-order valence-electron chi connectivity index (χ3n) is 3.19. The van der Waals surface area contributed by atoms with Crippen molar-refractivity contribution in [2.75, 3.05) is 52.5 Å². The van der Waals surface area contributed by atoms with E-state index in [1.807, 2.05) is 0 Å². The molecule has 17 heavy (non-hydrogen) atoms. The van der Waals surface area contributed by atoms with E-state index in [1.54, 1.807) is 0 Å². The second-order valence-corrected chi connectivity index (χ2v) is 4.83. The highest BCUT2D eigenvalue weighted by Crippen LogP contribution is 2.10. The van der Waals surface area contributed by atoms with Crippen LogP contribution in [0.3, 0.4) is 0 Å². The zero-order valence-electron chi connectivity index (χ0n) is 11.0. The number of nitrogens with zero attached hydrogens (tertiary/aromatic N) is 2. The zero-order chi connectivity index (χ0) is 12.7. The first kappa shape index (κ1) is 14.9. The fourth-order valence-corrected chi connectivity index (χ4v) is 2.19. The van der Waals surface area contributed by atoms with Crippen LogP contribution in [0.1, 0.15) is 13.8 Å². The molecule has 0 bridgehead atoms. The van der Waals surface area contributed by atoms with Gasteiger partial charge in [0.15, 0.2) is 0 Å². The maximum absolute atomic E-state index is 8.96. The Labute approximate surface area is 104 Å². The van der Waals surface area contributed by atoms with Crippen molar-refractivity contribution in [3.63, 3.8) is 0 Å². The molecular weight excluding hydrogens is 220 g/mol. The third kappa shape index (κ3) is 5.31. The molecule has 1 aliphatic heterocycles. The topological polar surface area (TPSA) is 56.2 Å². The Balaban J connectivity index is 2.37. The van der Waals surface area contributed by atoms with E-state index in [-0.39, 0.29) is 19.3 Å². The quantitative estimate of drug-likeness (QED) is 0.627. The number of aliphatic hydroxyl groups is 2. The van der Waals surface area contributed by atoms with Gasteiger partial charge in [-0.15, -0.1) is 0 Å². The normalized spacial score (nSPS) is 22.6. The van der Waals surface area contributed by atoms with Crippen molar-refractivity contribution < 1.29 is 14.9 Å². The molecule has 0 spiro atoms. The van der Waals surface area contributed by atoms with Gasteiger partial charge in [-0.3, -0.25) is 9.80 Å². The molecule has 0 aromatic carbocycles. The lowest BCUT2D eigenvalue weighted by molar-refractivity contribution is -0.0543. The lowest BCUT2D eigenvalue weighted by Crippen LogP contribution is -2.50. The van der Waals surface area contributed by atoms with Crippen molar-refractivity contribution in [3.05, 3.63) is 0 Å². The predicted octanol–water partition coefficient (Wildman–Crippen LogP) is -0.618. The number of morpholine rings is 1. The van der Waals surface area contributed by atoms with Crippen LogP contribution in [0, 0.1) is 0 Å². The molecule has 1 rings (SSSR count). The Morgan fingerprint density at radius 2 is 1.94 bits per heavy atom. The van der Waals surface area contributed by atoms with Crippen LogP contribution in [0.2, 0.25) is 0 Å². The van der Waals surface area contributed by atoms with E-state index in [0.717, 1.165) is 26.2 Å². The summed E-state index contributed by atoms with van der Waals surface area (Å²) in [7, 11) is 0. The molecule has 1 saturated heterocycles. The molecule has 5 heteroatoms. The van der Waals surface area contributed by atoms with Crippen LogP contribution in [-0.2, 0) is 4.74 Å². The summed E-state index contributed by atoms with van der Waals surface area (Å²) in [5.74, 6) is 0. The van der Waals surface area contributed by atoms with E-state index < -0.39 is 0 Å². The van der Waals surface area contributed by atoms with Crippen LogP contribution >= 0.6 is 0 Å². The van der Waals surface area contributed by atoms with Crippen LogP contribution in [0.5, 0.6) is 0 Å². The Morgan fingerprint density at radius 3 is 2.47 bits per heavy atom. The van der Waals surface area contributed by atoms with E-state index in [2.05, 4.69) is 23.6 Å². The molecule has 1 aliphatic rings. The molecule has 0 aromatic heterocycles. The van der Waals surface area contributed by atoms with Crippen molar-refractivity contribution in [1.29, 1.82) is 0 Å². The summed E-state index contributed by atoms with van der Waals surface area (Å²) in [6.45, 7) is 9.33. The highest BCUT2D eigenvalue weighted by Gasteiger charge is 2.23. The maximum Gasteiger partial charge on any atom is 0.0829 e. The van der Waals surface area contributed by atoms with E-state index in [1.165, 1.54) is 0 Å². The van der Waals surface area contributed by atoms with Crippen molar-refractivity contribution in [2.45, 2.75) is 26.0 Å². The number of aliphatic hydroxyl groups excluding tert-OH is 2. The van der Waals surface area contributed by atoms with Gasteiger partial charge in [0, 0.05) is 38.8 Å². The lowest BCUT2D eigenvalue weighted by Gasteiger charge is -2.37. The smallest absolute Gasteiger partial charge is 0.0829 e. The lowest BCUT2D eigenvalue weighted by atomic mass is 10.2. The van der Waals surface area contributed by atoms with Crippen LogP contribution in [0.15, 0.2) is 0 Å². The Morgan fingerprint density at radius 1 is 1.29 bits per heavy atom. The molecular formula is C12H26N2O3. The van der Waals surface area contributed by atoms with E-state index in [0.29, 0.717) is 19.1 Å². The van der Waals surface area contributed by atoms with E-state index in [9.17, 15) is 0 Å². The molecule has 1 atom stereocenters. The van der Waals surface area contributed by atoms with Gasteiger partial charge in [0.25, 0.3) is 0 Å². The van der Waals surface area contributed by atoms with Gasteiger partial charge in [-0.05, 0) is 13.8 Å². The third-order valence-corrected chi connectivity index (χ3v) is 3.19. The van der Waals surface area contributed by atoms with Crippen molar-refractivity contribution in [3.8, 4) is 0 Å². The van der Waals surface area contributed by atoms with Crippen LogP contribution in [0.25, 0.3) is 0 Å². The average molecular weight is 246 g/mol. The molecule has 0 radical (unpaired) electrons. The minimum Gasteiger partial charge on any atom is -0.395 e. The average Bonchev–Trinajstić information content (AvgIpc) is 2.30. The molecule has 1 unspecified atom stereocenters. The zero-order valence-corrected chi connectivity index (χ0v) is 11.0. The molecule has 0 aromatic rings. The number of hydrogen-bond acceptors (Lipinski definition) is 5. The van der Waals surface area contributed by atoms with Crippen LogP contribution < -0.4 is 0 Å². The molecule has 1 fully saturated rings. The number of ether oxygens (including phenoxy) is 1. The van der Waals surface area contributed by atoms with Crippen LogP contribution in [0.4, 0.5) is 0 Å². The predicted molar refractivity (Wildman–Crippen MR) is 67.1 cm³/mol. The Kier molecular flexibility index (Phi) is 6.99. The number of hydrogen-bond donors (Lipinski definition) is 2. The van der Waals surface area contributed by atoms with Gasteiger partial charge in [-0.2, -0.15) is 0 Å². The summed E-state index contributed by atoms with van der Waals surface area (Å²) in [5, 5.41) is 17.9. The molecule has 2 N–H and O–H groups in total. The molecule has 0 saturated carbocycles. The highest BCUT2D eigenvalue weighted by molar-refractivity contribution is 4.76. The summed E-state index contributed by atoms with van der Waals surface area (Å²) in [6.07, 6.45) is 0.184. The van der Waals surface area contributed by atoms with Crippen molar-refractivity contribution in [2.24, 2.45) is 0 Å². The summed E-state index contributed by atoms with van der Waals surface area (Å²) >= 11 is 0. The minimum atomic E-state index is 0.126. The summed E-state index contributed by atoms with van der Waals surface area (Å²) in [5.41, 5.74) is 0. The number of rotatable bonds is 7. The summed E-state index contributed by atoms with van der Waals surface area (Å²) < 4.78 is 5.73. The fraction of sp³-hybridized carbons (Fsp3) is 1.00. The Hall–Kier alpha value is -0.200. The minimum absolute atomic E-state index is 0.126. The summed E-state index contributed by atoms with van der Waals surface area (Å²) in [6, 6.07) is 0.547. The van der Waals surface area contributed by atoms with Gasteiger partial charge in [-0.1, -0.05) is 0 Å². The first-order chi connectivity index (χ1) is 8.17. The molecule has 0 aliphatic carbocycles. The van der Waals surface area contributed by atoms with Crippen molar-refractivity contribution >= 4 is 0 Å². The second-order valence-electron chi connectivity index (χ2n) is 4.83.